The van der Waals surface area contributed by atoms with Crippen molar-refractivity contribution < 1.29 is 9.59 Å². The zero-order valence-electron chi connectivity index (χ0n) is 14.0. The Morgan fingerprint density at radius 1 is 1.33 bits per heavy atom. The summed E-state index contributed by atoms with van der Waals surface area (Å²) in [5, 5.41) is 0.586. The summed E-state index contributed by atoms with van der Waals surface area (Å²) in [5.74, 6) is -0.209. The van der Waals surface area contributed by atoms with E-state index in [0.717, 1.165) is 18.5 Å². The van der Waals surface area contributed by atoms with E-state index in [2.05, 4.69) is 6.92 Å². The summed E-state index contributed by atoms with van der Waals surface area (Å²) >= 11 is 6.02. The van der Waals surface area contributed by atoms with E-state index >= 15 is 0 Å². The Morgan fingerprint density at radius 2 is 2.12 bits per heavy atom. The van der Waals surface area contributed by atoms with E-state index in [9.17, 15) is 9.59 Å². The van der Waals surface area contributed by atoms with Crippen LogP contribution >= 0.6 is 11.6 Å². The van der Waals surface area contributed by atoms with Gasteiger partial charge in [-0.3, -0.25) is 9.59 Å². The van der Waals surface area contributed by atoms with E-state index in [1.165, 1.54) is 0 Å². The highest BCUT2D eigenvalue weighted by Gasteiger charge is 2.42. The lowest BCUT2D eigenvalue weighted by Gasteiger charge is -2.39. The molecular weight excluding hydrogens is 326 g/mol. The molecule has 0 aromatic heterocycles. The largest absolute Gasteiger partial charge is 0.338 e. The number of nitrogens with two attached hydrogens (primary N) is 1. The maximum absolute atomic E-state index is 12.9. The molecule has 2 aliphatic rings. The third-order valence-electron chi connectivity index (χ3n) is 5.16. The van der Waals surface area contributed by atoms with Crippen molar-refractivity contribution in [2.45, 2.75) is 32.2 Å². The maximum Gasteiger partial charge on any atom is 0.239 e. The number of nitrogens with zero attached hydrogens (tertiary/aromatic N) is 2. The number of likely N-dealkylation sites (tertiary alicyclic amines) is 1. The molecule has 1 aromatic carbocycles. The zero-order valence-corrected chi connectivity index (χ0v) is 14.7. The van der Waals surface area contributed by atoms with Crippen LogP contribution in [0.25, 0.3) is 0 Å². The first-order chi connectivity index (χ1) is 11.5. The average Bonchev–Trinajstić information content (AvgIpc) is 2.95. The normalized spacial score (nSPS) is 27.6. The molecule has 130 valence electrons. The average molecular weight is 350 g/mol. The first kappa shape index (κ1) is 17.2. The van der Waals surface area contributed by atoms with Crippen molar-refractivity contribution in [1.29, 1.82) is 0 Å². The number of anilines is 1. The van der Waals surface area contributed by atoms with Crippen molar-refractivity contribution >= 4 is 29.1 Å². The second kappa shape index (κ2) is 7.11. The van der Waals surface area contributed by atoms with Gasteiger partial charge in [-0.05, 0) is 43.4 Å². The van der Waals surface area contributed by atoms with Gasteiger partial charge in [0.05, 0.1) is 0 Å². The summed E-state index contributed by atoms with van der Waals surface area (Å²) in [6, 6.07) is 7.25. The fourth-order valence-electron chi connectivity index (χ4n) is 3.77. The number of halogens is 1. The van der Waals surface area contributed by atoms with Crippen LogP contribution in [-0.2, 0) is 9.59 Å². The molecule has 0 radical (unpaired) electrons. The van der Waals surface area contributed by atoms with E-state index in [0.29, 0.717) is 37.0 Å². The highest BCUT2D eigenvalue weighted by Crippen LogP contribution is 2.30. The minimum absolute atomic E-state index is 0.0502. The van der Waals surface area contributed by atoms with Crippen LogP contribution in [0, 0.1) is 11.8 Å². The van der Waals surface area contributed by atoms with Gasteiger partial charge in [0.25, 0.3) is 0 Å². The van der Waals surface area contributed by atoms with Crippen LogP contribution < -0.4 is 10.6 Å². The Labute approximate surface area is 147 Å². The van der Waals surface area contributed by atoms with Crippen LogP contribution in [-0.4, -0.2) is 42.4 Å². The second-order valence-corrected chi connectivity index (χ2v) is 7.30. The third kappa shape index (κ3) is 3.28. The molecular formula is C18H24ClN3O2. The Balaban J connectivity index is 1.74. The summed E-state index contributed by atoms with van der Waals surface area (Å²) in [6.07, 6.45) is 2.44. The molecule has 3 atom stereocenters. The summed E-state index contributed by atoms with van der Waals surface area (Å²) in [4.78, 5) is 29.2. The van der Waals surface area contributed by atoms with Gasteiger partial charge >= 0.3 is 0 Å². The van der Waals surface area contributed by atoms with Crippen LogP contribution in [0.15, 0.2) is 24.3 Å². The Hall–Kier alpha value is -1.59. The van der Waals surface area contributed by atoms with Crippen LogP contribution in [0.2, 0.25) is 5.02 Å². The van der Waals surface area contributed by atoms with Gasteiger partial charge in [-0.25, -0.2) is 0 Å². The molecule has 0 spiro atoms. The minimum atomic E-state index is -0.591. The van der Waals surface area contributed by atoms with Crippen molar-refractivity contribution in [2.24, 2.45) is 17.6 Å². The topological polar surface area (TPSA) is 66.6 Å². The number of piperidine rings is 1. The molecule has 3 unspecified atom stereocenters. The molecule has 2 fully saturated rings. The predicted octanol–water partition coefficient (Wildman–Crippen LogP) is 2.28. The van der Waals surface area contributed by atoms with Gasteiger partial charge in [0.1, 0.15) is 5.92 Å². The van der Waals surface area contributed by atoms with E-state index in [4.69, 9.17) is 17.3 Å². The van der Waals surface area contributed by atoms with Gasteiger partial charge < -0.3 is 15.5 Å². The fraction of sp³-hybridized carbons (Fsp3) is 0.556. The molecule has 5 nitrogen and oxygen atoms in total. The summed E-state index contributed by atoms with van der Waals surface area (Å²) in [6.45, 7) is 3.89. The number of amides is 2. The van der Waals surface area contributed by atoms with E-state index in [-0.39, 0.29) is 17.9 Å². The van der Waals surface area contributed by atoms with Crippen LogP contribution in [0.4, 0.5) is 5.69 Å². The number of hydrogen-bond acceptors (Lipinski definition) is 3. The second-order valence-electron chi connectivity index (χ2n) is 6.86. The molecule has 1 aromatic rings. The number of carbonyl (C=O) groups excluding carboxylic acids is 2. The van der Waals surface area contributed by atoms with Crippen molar-refractivity contribution in [1.82, 2.24) is 4.90 Å². The molecule has 6 heteroatoms. The molecule has 0 bridgehead atoms. The molecule has 2 N–H and O–H groups in total. The lowest BCUT2D eigenvalue weighted by Crippen LogP contribution is -2.52. The Bertz CT molecular complexity index is 636. The Kier molecular flexibility index (Phi) is 5.11. The monoisotopic (exact) mass is 349 g/mol. The van der Waals surface area contributed by atoms with Gasteiger partial charge in [0.15, 0.2) is 0 Å². The maximum atomic E-state index is 12.9. The van der Waals surface area contributed by atoms with Crippen molar-refractivity contribution in [2.75, 3.05) is 24.5 Å². The first-order valence-electron chi connectivity index (χ1n) is 8.58. The quantitative estimate of drug-likeness (QED) is 0.851. The van der Waals surface area contributed by atoms with Gasteiger partial charge in [0, 0.05) is 36.4 Å². The van der Waals surface area contributed by atoms with Crippen LogP contribution in [0.3, 0.4) is 0 Å². The van der Waals surface area contributed by atoms with Crippen molar-refractivity contribution in [3.8, 4) is 0 Å². The number of hydrogen-bond donors (Lipinski definition) is 1. The highest BCUT2D eigenvalue weighted by molar-refractivity contribution is 6.31. The number of rotatable bonds is 3. The van der Waals surface area contributed by atoms with Crippen molar-refractivity contribution in [3.63, 3.8) is 0 Å². The summed E-state index contributed by atoms with van der Waals surface area (Å²) in [5.41, 5.74) is 6.61. The third-order valence-corrected chi connectivity index (χ3v) is 5.39. The van der Waals surface area contributed by atoms with E-state index in [1.54, 1.807) is 17.0 Å². The molecule has 24 heavy (non-hydrogen) atoms. The summed E-state index contributed by atoms with van der Waals surface area (Å²) in [7, 11) is 0. The minimum Gasteiger partial charge on any atom is -0.338 e. The van der Waals surface area contributed by atoms with Gasteiger partial charge in [-0.15, -0.1) is 0 Å². The molecule has 0 aliphatic carbocycles. The standard InChI is InChI=1S/C18H24ClN3O2/c1-12-5-7-22(15(9-12)11-20)18(24)16-6-8-21(17(16)23)14-4-2-3-13(19)10-14/h2-4,10,12,15-16H,5-9,11,20H2,1H3. The van der Waals surface area contributed by atoms with Gasteiger partial charge in [-0.2, -0.15) is 0 Å². The number of benzene rings is 1. The van der Waals surface area contributed by atoms with E-state index < -0.39 is 5.92 Å². The zero-order chi connectivity index (χ0) is 17.3. The summed E-state index contributed by atoms with van der Waals surface area (Å²) < 4.78 is 0. The lowest BCUT2D eigenvalue weighted by atomic mass is 9.91. The lowest BCUT2D eigenvalue weighted by molar-refractivity contribution is -0.143. The SMILES string of the molecule is CC1CCN(C(=O)C2CCN(c3cccc(Cl)c3)C2=O)C(CN)C1. The number of carbonyl (C=O) groups is 2. The van der Waals surface area contributed by atoms with Crippen LogP contribution in [0.1, 0.15) is 26.2 Å². The van der Waals surface area contributed by atoms with Crippen molar-refractivity contribution in [3.05, 3.63) is 29.3 Å². The smallest absolute Gasteiger partial charge is 0.239 e. The van der Waals surface area contributed by atoms with Gasteiger partial charge in [0.2, 0.25) is 11.8 Å². The van der Waals surface area contributed by atoms with Gasteiger partial charge in [-0.1, -0.05) is 24.6 Å². The molecule has 2 amide bonds. The highest BCUT2D eigenvalue weighted by atomic mass is 35.5. The van der Waals surface area contributed by atoms with E-state index in [1.807, 2.05) is 17.0 Å². The molecule has 2 heterocycles. The molecule has 3 rings (SSSR count). The molecule has 0 saturated carbocycles. The first-order valence-corrected chi connectivity index (χ1v) is 8.96. The Morgan fingerprint density at radius 3 is 2.83 bits per heavy atom. The molecule has 2 aliphatic heterocycles. The predicted molar refractivity (Wildman–Crippen MR) is 94.9 cm³/mol. The fourth-order valence-corrected chi connectivity index (χ4v) is 3.96. The van der Waals surface area contributed by atoms with Crippen LogP contribution in [0.5, 0.6) is 0 Å². The molecule has 2 saturated heterocycles.